The Balaban J connectivity index is 1.54. The first-order valence-electron chi connectivity index (χ1n) is 11.8. The van der Waals surface area contributed by atoms with Crippen molar-refractivity contribution >= 4 is 46.4 Å². The molecule has 0 spiro atoms. The summed E-state index contributed by atoms with van der Waals surface area (Å²) < 4.78 is 0. The Labute approximate surface area is 218 Å². The van der Waals surface area contributed by atoms with E-state index in [4.69, 9.17) is 0 Å². The minimum Gasteiger partial charge on any atom is -0.478 e. The number of benzene rings is 4. The number of carboxylic acids is 1. The molecule has 4 aromatic carbocycles. The molecule has 0 radical (unpaired) electrons. The summed E-state index contributed by atoms with van der Waals surface area (Å²) in [7, 11) is 0. The van der Waals surface area contributed by atoms with Crippen molar-refractivity contribution in [2.24, 2.45) is 0 Å². The van der Waals surface area contributed by atoms with Gasteiger partial charge in [-0.05, 0) is 74.5 Å². The second kappa shape index (κ2) is 9.67. The van der Waals surface area contributed by atoms with Gasteiger partial charge in [-0.25, -0.2) is 9.69 Å². The van der Waals surface area contributed by atoms with Crippen LogP contribution in [0, 0.1) is 13.8 Å². The summed E-state index contributed by atoms with van der Waals surface area (Å²) in [6.07, 6.45) is 0. The fourth-order valence-corrected chi connectivity index (χ4v) is 4.20. The van der Waals surface area contributed by atoms with Crippen molar-refractivity contribution < 1.29 is 24.3 Å². The van der Waals surface area contributed by atoms with Crippen LogP contribution >= 0.6 is 0 Å². The van der Waals surface area contributed by atoms with Crippen LogP contribution in [0.4, 0.5) is 22.7 Å². The molecule has 8 nitrogen and oxygen atoms in total. The number of carbonyl (C=O) groups excluding carboxylic acids is 3. The van der Waals surface area contributed by atoms with Crippen molar-refractivity contribution in [3.8, 4) is 0 Å². The van der Waals surface area contributed by atoms with Gasteiger partial charge >= 0.3 is 5.97 Å². The first-order chi connectivity index (χ1) is 18.2. The lowest BCUT2D eigenvalue weighted by Gasteiger charge is -2.18. The Kier molecular flexibility index (Phi) is 6.22. The van der Waals surface area contributed by atoms with Crippen LogP contribution in [0.3, 0.4) is 0 Å². The molecule has 188 valence electrons. The van der Waals surface area contributed by atoms with Gasteiger partial charge in [-0.1, -0.05) is 35.4 Å². The molecule has 0 unspecified atom stereocenters. The number of carbonyl (C=O) groups is 4. The minimum atomic E-state index is -1.20. The summed E-state index contributed by atoms with van der Waals surface area (Å²) in [5, 5.41) is 15.4. The van der Waals surface area contributed by atoms with Crippen LogP contribution in [-0.4, -0.2) is 28.8 Å². The summed E-state index contributed by atoms with van der Waals surface area (Å²) in [4.78, 5) is 52.1. The quantitative estimate of drug-likeness (QED) is 0.285. The molecule has 0 fully saturated rings. The van der Waals surface area contributed by atoms with Crippen LogP contribution in [0.25, 0.3) is 0 Å². The number of nitrogens with zero attached hydrogens (tertiary/aromatic N) is 1. The van der Waals surface area contributed by atoms with Crippen LogP contribution in [-0.2, 0) is 0 Å². The van der Waals surface area contributed by atoms with E-state index in [0.29, 0.717) is 11.4 Å². The number of hydrogen-bond acceptors (Lipinski definition) is 5. The number of rotatable bonds is 6. The van der Waals surface area contributed by atoms with Gasteiger partial charge in [-0.15, -0.1) is 0 Å². The number of amides is 3. The fourth-order valence-electron chi connectivity index (χ4n) is 4.20. The SMILES string of the molecule is Cc1ccc(NC(=O)c2cc(Nc3ccc(C)cc3)cc(N3C(=O)c4ccc(C(=O)O)cc4C3=O)c2)cc1. The molecule has 0 saturated heterocycles. The van der Waals surface area contributed by atoms with Crippen molar-refractivity contribution in [2.75, 3.05) is 15.5 Å². The Morgan fingerprint density at radius 1 is 0.658 bits per heavy atom. The minimum absolute atomic E-state index is 0.00236. The molecule has 0 aliphatic carbocycles. The van der Waals surface area contributed by atoms with Crippen molar-refractivity contribution in [1.29, 1.82) is 0 Å². The smallest absolute Gasteiger partial charge is 0.335 e. The maximum Gasteiger partial charge on any atom is 0.335 e. The summed E-state index contributed by atoms with van der Waals surface area (Å²) in [5.41, 5.74) is 4.37. The molecule has 4 aromatic rings. The molecule has 1 aliphatic rings. The zero-order chi connectivity index (χ0) is 27.0. The molecular weight excluding hydrogens is 482 g/mol. The monoisotopic (exact) mass is 505 g/mol. The number of imide groups is 1. The van der Waals surface area contributed by atoms with E-state index < -0.39 is 23.7 Å². The van der Waals surface area contributed by atoms with Crippen molar-refractivity contribution in [3.05, 3.63) is 118 Å². The van der Waals surface area contributed by atoms with Crippen molar-refractivity contribution in [1.82, 2.24) is 0 Å². The Morgan fingerprint density at radius 2 is 1.26 bits per heavy atom. The maximum atomic E-state index is 13.3. The van der Waals surface area contributed by atoms with Gasteiger partial charge in [0.1, 0.15) is 0 Å². The zero-order valence-corrected chi connectivity index (χ0v) is 20.6. The van der Waals surface area contributed by atoms with Crippen LogP contribution in [0.2, 0.25) is 0 Å². The van der Waals surface area contributed by atoms with Crippen molar-refractivity contribution in [2.45, 2.75) is 13.8 Å². The number of carboxylic acid groups (broad SMARTS) is 1. The van der Waals surface area contributed by atoms with E-state index in [-0.39, 0.29) is 27.9 Å². The standard InChI is InChI=1S/C30H23N3O5/c1-17-3-8-21(9-4-17)31-23-13-20(27(34)32-22-10-5-18(2)6-11-22)14-24(16-23)33-28(35)25-12-7-19(30(37)38)15-26(25)29(33)36/h3-16,31H,1-2H3,(H,32,34)(H,37,38). The number of fused-ring (bicyclic) bond motifs is 1. The summed E-state index contributed by atoms with van der Waals surface area (Å²) in [6.45, 7) is 3.91. The molecule has 3 N–H and O–H groups in total. The predicted octanol–water partition coefficient (Wildman–Crippen LogP) is 5.80. The van der Waals surface area contributed by atoms with Gasteiger partial charge in [0.25, 0.3) is 17.7 Å². The average molecular weight is 506 g/mol. The fraction of sp³-hybridized carbons (Fsp3) is 0.0667. The highest BCUT2D eigenvalue weighted by Gasteiger charge is 2.37. The third-order valence-electron chi connectivity index (χ3n) is 6.22. The van der Waals surface area contributed by atoms with Gasteiger partial charge in [0, 0.05) is 22.6 Å². The maximum absolute atomic E-state index is 13.3. The van der Waals surface area contributed by atoms with Gasteiger partial charge in [0.2, 0.25) is 0 Å². The van der Waals surface area contributed by atoms with E-state index in [1.54, 1.807) is 24.3 Å². The highest BCUT2D eigenvalue weighted by Crippen LogP contribution is 2.33. The largest absolute Gasteiger partial charge is 0.478 e. The summed E-state index contributed by atoms with van der Waals surface area (Å²) in [5.74, 6) is -2.89. The van der Waals surface area contributed by atoms with Gasteiger partial charge < -0.3 is 15.7 Å². The molecule has 0 atom stereocenters. The van der Waals surface area contributed by atoms with Crippen LogP contribution in [0.5, 0.6) is 0 Å². The molecule has 0 saturated carbocycles. The molecular formula is C30H23N3O5. The van der Waals surface area contributed by atoms with E-state index >= 15 is 0 Å². The first kappa shape index (κ1) is 24.5. The topological polar surface area (TPSA) is 116 Å². The number of anilines is 4. The van der Waals surface area contributed by atoms with Crippen LogP contribution in [0.15, 0.2) is 84.9 Å². The third kappa shape index (κ3) is 4.75. The molecule has 3 amide bonds. The predicted molar refractivity (Wildman–Crippen MR) is 145 cm³/mol. The van der Waals surface area contributed by atoms with Gasteiger partial charge in [-0.2, -0.15) is 0 Å². The van der Waals surface area contributed by atoms with Crippen LogP contribution in [0.1, 0.15) is 52.6 Å². The molecule has 0 bridgehead atoms. The number of aromatic carboxylic acids is 1. The molecule has 0 aromatic heterocycles. The summed E-state index contributed by atoms with van der Waals surface area (Å²) >= 11 is 0. The van der Waals surface area contributed by atoms with Crippen LogP contribution < -0.4 is 15.5 Å². The Hall–Kier alpha value is -5.24. The molecule has 8 heteroatoms. The van der Waals surface area contributed by atoms with E-state index in [1.807, 2.05) is 50.2 Å². The normalized spacial score (nSPS) is 12.3. The average Bonchev–Trinajstić information content (AvgIpc) is 3.15. The zero-order valence-electron chi connectivity index (χ0n) is 20.6. The molecule has 1 heterocycles. The first-order valence-corrected chi connectivity index (χ1v) is 11.8. The molecule has 1 aliphatic heterocycles. The van der Waals surface area contributed by atoms with Gasteiger partial charge in [-0.3, -0.25) is 14.4 Å². The Morgan fingerprint density at radius 3 is 1.89 bits per heavy atom. The Bertz CT molecular complexity index is 1610. The molecule has 5 rings (SSSR count). The lowest BCUT2D eigenvalue weighted by atomic mass is 10.1. The van der Waals surface area contributed by atoms with E-state index in [1.165, 1.54) is 24.3 Å². The van der Waals surface area contributed by atoms with E-state index in [2.05, 4.69) is 10.6 Å². The summed E-state index contributed by atoms with van der Waals surface area (Å²) in [6, 6.07) is 23.4. The molecule has 38 heavy (non-hydrogen) atoms. The van der Waals surface area contributed by atoms with E-state index in [0.717, 1.165) is 21.7 Å². The van der Waals surface area contributed by atoms with Crippen molar-refractivity contribution in [3.63, 3.8) is 0 Å². The highest BCUT2D eigenvalue weighted by atomic mass is 16.4. The second-order valence-electron chi connectivity index (χ2n) is 9.09. The number of hydrogen-bond donors (Lipinski definition) is 3. The number of aryl methyl sites for hydroxylation is 2. The lowest BCUT2D eigenvalue weighted by molar-refractivity contribution is 0.0696. The number of nitrogens with one attached hydrogen (secondary N) is 2. The second-order valence-corrected chi connectivity index (χ2v) is 9.09. The van der Waals surface area contributed by atoms with E-state index in [9.17, 15) is 24.3 Å². The van der Waals surface area contributed by atoms with Gasteiger partial charge in [0.15, 0.2) is 0 Å². The lowest BCUT2D eigenvalue weighted by Crippen LogP contribution is -2.29. The highest BCUT2D eigenvalue weighted by molar-refractivity contribution is 6.35. The van der Waals surface area contributed by atoms with Gasteiger partial charge in [0.05, 0.1) is 22.4 Å². The third-order valence-corrected chi connectivity index (χ3v) is 6.22.